The first-order chi connectivity index (χ1) is 15.7. The monoisotopic (exact) mass is 455 g/mol. The van der Waals surface area contributed by atoms with E-state index in [9.17, 15) is 4.79 Å². The number of aryl methyl sites for hydroxylation is 1. The van der Waals surface area contributed by atoms with Crippen molar-refractivity contribution >= 4 is 23.4 Å². The van der Waals surface area contributed by atoms with Crippen molar-refractivity contribution < 1.29 is 9.53 Å². The first-order valence-electron chi connectivity index (χ1n) is 12.5. The van der Waals surface area contributed by atoms with E-state index in [0.717, 1.165) is 31.4 Å². The summed E-state index contributed by atoms with van der Waals surface area (Å²) in [5.74, 6) is 0.525. The number of carbonyl (C=O) groups excluding carboxylic acids is 1. The van der Waals surface area contributed by atoms with E-state index < -0.39 is 0 Å². The summed E-state index contributed by atoms with van der Waals surface area (Å²) in [6.07, 6.45) is 13.8. The van der Waals surface area contributed by atoms with Crippen molar-refractivity contribution in [2.75, 3.05) is 12.4 Å². The topological polar surface area (TPSA) is 38.3 Å². The number of anilines is 1. The Balaban J connectivity index is 2.02. The molecule has 0 spiro atoms. The molecule has 2 aromatic rings. The molecule has 4 heteroatoms. The number of nitrogens with one attached hydrogen (secondary N) is 1. The Morgan fingerprint density at radius 3 is 2.19 bits per heavy atom. The fourth-order valence-corrected chi connectivity index (χ4v) is 4.69. The molecule has 0 radical (unpaired) electrons. The first-order valence-corrected chi connectivity index (χ1v) is 13.3. The van der Waals surface area contributed by atoms with Crippen LogP contribution < -0.4 is 10.1 Å². The van der Waals surface area contributed by atoms with Crippen molar-refractivity contribution in [1.82, 2.24) is 0 Å². The fourth-order valence-electron chi connectivity index (χ4n) is 3.69. The minimum atomic E-state index is -0.132. The number of unbranched alkanes of at least 4 members (excludes halogenated alkanes) is 8. The molecule has 0 aromatic heterocycles. The maximum Gasteiger partial charge on any atom is 0.311 e. The van der Waals surface area contributed by atoms with Crippen LogP contribution in [-0.4, -0.2) is 13.0 Å². The molecule has 0 atom stereocenters. The van der Waals surface area contributed by atoms with Gasteiger partial charge in [-0.15, -0.1) is 0 Å². The van der Waals surface area contributed by atoms with Crippen molar-refractivity contribution in [3.05, 3.63) is 48.0 Å². The number of carbonyl (C=O) groups is 1. The molecule has 2 rings (SSSR count). The molecular formula is C28H41NO2S. The zero-order valence-electron chi connectivity index (χ0n) is 20.3. The standard InChI is InChI=1S/C28H41NO2S/c1-4-6-8-9-10-11-13-14-23-16-19-25(31-28(30)15-12-7-5-2)22-27(23)32-26-20-17-24(29-3)18-21-26/h16-22,29H,4-15H2,1-3H3. The van der Waals surface area contributed by atoms with Gasteiger partial charge in [-0.3, -0.25) is 4.79 Å². The second-order valence-electron chi connectivity index (χ2n) is 8.45. The number of ether oxygens (including phenoxy) is 1. The van der Waals surface area contributed by atoms with Gasteiger partial charge in [0.2, 0.25) is 0 Å². The minimum Gasteiger partial charge on any atom is -0.426 e. The molecule has 0 aliphatic rings. The molecule has 3 nitrogen and oxygen atoms in total. The zero-order chi connectivity index (χ0) is 23.0. The van der Waals surface area contributed by atoms with Crippen LogP contribution in [0, 0.1) is 0 Å². The van der Waals surface area contributed by atoms with Gasteiger partial charge >= 0.3 is 5.97 Å². The second-order valence-corrected chi connectivity index (χ2v) is 9.56. The molecule has 0 heterocycles. The highest BCUT2D eigenvalue weighted by atomic mass is 32.2. The van der Waals surface area contributed by atoms with Gasteiger partial charge in [-0.25, -0.2) is 0 Å². The molecule has 0 fully saturated rings. The molecule has 0 bridgehead atoms. The lowest BCUT2D eigenvalue weighted by atomic mass is 10.0. The third-order valence-corrected chi connectivity index (χ3v) is 6.78. The van der Waals surface area contributed by atoms with Crippen LogP contribution in [0.1, 0.15) is 90.0 Å². The summed E-state index contributed by atoms with van der Waals surface area (Å²) in [6.45, 7) is 4.40. The molecule has 0 aliphatic heterocycles. The van der Waals surface area contributed by atoms with Crippen molar-refractivity contribution in [2.45, 2.75) is 101 Å². The van der Waals surface area contributed by atoms with E-state index in [4.69, 9.17) is 4.74 Å². The maximum absolute atomic E-state index is 12.2. The van der Waals surface area contributed by atoms with Gasteiger partial charge in [0, 0.05) is 28.9 Å². The van der Waals surface area contributed by atoms with Crippen LogP contribution >= 0.6 is 11.8 Å². The van der Waals surface area contributed by atoms with Crippen LogP contribution in [0.25, 0.3) is 0 Å². The third-order valence-electron chi connectivity index (χ3n) is 5.68. The van der Waals surface area contributed by atoms with Crippen molar-refractivity contribution in [1.29, 1.82) is 0 Å². The Hall–Kier alpha value is -1.94. The Morgan fingerprint density at radius 2 is 1.50 bits per heavy atom. The van der Waals surface area contributed by atoms with E-state index in [1.165, 1.54) is 60.3 Å². The highest BCUT2D eigenvalue weighted by Gasteiger charge is 2.10. The van der Waals surface area contributed by atoms with E-state index in [1.54, 1.807) is 11.8 Å². The first kappa shape index (κ1) is 26.3. The predicted octanol–water partition coefficient (Wildman–Crippen LogP) is 8.66. The summed E-state index contributed by atoms with van der Waals surface area (Å²) in [7, 11) is 1.93. The Labute approximate surface area is 199 Å². The van der Waals surface area contributed by atoms with E-state index >= 15 is 0 Å². The number of hydrogen-bond acceptors (Lipinski definition) is 4. The van der Waals surface area contributed by atoms with E-state index in [1.807, 2.05) is 19.2 Å². The lowest BCUT2D eigenvalue weighted by Crippen LogP contribution is -2.07. The second kappa shape index (κ2) is 15.8. The van der Waals surface area contributed by atoms with Crippen LogP contribution in [0.3, 0.4) is 0 Å². The van der Waals surface area contributed by atoms with Gasteiger partial charge in [0.1, 0.15) is 5.75 Å². The molecule has 0 aliphatic carbocycles. The highest BCUT2D eigenvalue weighted by Crippen LogP contribution is 2.35. The molecule has 0 amide bonds. The number of benzene rings is 2. The van der Waals surface area contributed by atoms with Crippen LogP contribution in [0.4, 0.5) is 5.69 Å². The predicted molar refractivity (Wildman–Crippen MR) is 138 cm³/mol. The number of esters is 1. The van der Waals surface area contributed by atoms with Crippen LogP contribution in [-0.2, 0) is 11.2 Å². The molecule has 0 saturated carbocycles. The Morgan fingerprint density at radius 1 is 0.844 bits per heavy atom. The van der Waals surface area contributed by atoms with E-state index in [0.29, 0.717) is 12.2 Å². The Bertz CT molecular complexity index is 789. The zero-order valence-corrected chi connectivity index (χ0v) is 21.1. The summed E-state index contributed by atoms with van der Waals surface area (Å²) in [6, 6.07) is 14.6. The van der Waals surface area contributed by atoms with Crippen molar-refractivity contribution in [3.63, 3.8) is 0 Å². The average Bonchev–Trinajstić information content (AvgIpc) is 2.80. The lowest BCUT2D eigenvalue weighted by molar-refractivity contribution is -0.134. The average molecular weight is 456 g/mol. The summed E-state index contributed by atoms with van der Waals surface area (Å²) in [4.78, 5) is 14.6. The molecule has 2 aromatic carbocycles. The van der Waals surface area contributed by atoms with Crippen LogP contribution in [0.2, 0.25) is 0 Å². The molecular weight excluding hydrogens is 414 g/mol. The highest BCUT2D eigenvalue weighted by molar-refractivity contribution is 7.99. The third kappa shape index (κ3) is 10.1. The molecule has 0 unspecified atom stereocenters. The van der Waals surface area contributed by atoms with Gasteiger partial charge in [-0.1, -0.05) is 83.0 Å². The molecule has 0 saturated heterocycles. The van der Waals surface area contributed by atoms with Gasteiger partial charge in [0.15, 0.2) is 0 Å². The van der Waals surface area contributed by atoms with Crippen molar-refractivity contribution in [3.8, 4) is 5.75 Å². The summed E-state index contributed by atoms with van der Waals surface area (Å²) < 4.78 is 5.65. The van der Waals surface area contributed by atoms with Gasteiger partial charge in [-0.2, -0.15) is 0 Å². The number of rotatable bonds is 16. The van der Waals surface area contributed by atoms with E-state index in [-0.39, 0.29) is 5.97 Å². The Kier molecular flexibility index (Phi) is 13.0. The smallest absolute Gasteiger partial charge is 0.311 e. The summed E-state index contributed by atoms with van der Waals surface area (Å²) >= 11 is 1.75. The van der Waals surface area contributed by atoms with Crippen LogP contribution in [0.5, 0.6) is 5.75 Å². The SMILES string of the molecule is CCCCCCCCCc1ccc(OC(=O)CCCCC)cc1Sc1ccc(NC)cc1. The van der Waals surface area contributed by atoms with Gasteiger partial charge < -0.3 is 10.1 Å². The minimum absolute atomic E-state index is 0.132. The van der Waals surface area contributed by atoms with E-state index in [2.05, 4.69) is 49.5 Å². The van der Waals surface area contributed by atoms with Gasteiger partial charge in [0.25, 0.3) is 0 Å². The number of hydrogen-bond donors (Lipinski definition) is 1. The summed E-state index contributed by atoms with van der Waals surface area (Å²) in [5, 5.41) is 3.17. The van der Waals surface area contributed by atoms with Gasteiger partial charge in [-0.05, 0) is 61.2 Å². The fraction of sp³-hybridized carbons (Fsp3) is 0.536. The molecule has 176 valence electrons. The van der Waals surface area contributed by atoms with Crippen LogP contribution in [0.15, 0.2) is 52.3 Å². The lowest BCUT2D eigenvalue weighted by Gasteiger charge is -2.13. The molecule has 1 N–H and O–H groups in total. The van der Waals surface area contributed by atoms with Crippen molar-refractivity contribution in [2.24, 2.45) is 0 Å². The normalized spacial score (nSPS) is 10.8. The molecule has 32 heavy (non-hydrogen) atoms. The quantitative estimate of drug-likeness (QED) is 0.156. The largest absolute Gasteiger partial charge is 0.426 e. The van der Waals surface area contributed by atoms with Gasteiger partial charge in [0.05, 0.1) is 0 Å². The summed E-state index contributed by atoms with van der Waals surface area (Å²) in [5.41, 5.74) is 2.44. The maximum atomic E-state index is 12.2.